The highest BCUT2D eigenvalue weighted by molar-refractivity contribution is 6.03. The normalized spacial score (nSPS) is 12.6. The van der Waals surface area contributed by atoms with Crippen LogP contribution in [0.5, 0.6) is 0 Å². The second kappa shape index (κ2) is 5.85. The first kappa shape index (κ1) is 13.6. The maximum atomic E-state index is 12.1. The molecule has 1 amide bonds. The number of carbonyl (C=O) groups is 1. The summed E-state index contributed by atoms with van der Waals surface area (Å²) >= 11 is 0. The van der Waals surface area contributed by atoms with Crippen LogP contribution in [0.1, 0.15) is 20.3 Å². The molecule has 0 radical (unpaired) electrons. The molecule has 3 heteroatoms. The summed E-state index contributed by atoms with van der Waals surface area (Å²) in [4.78, 5) is 12.1. The number of rotatable bonds is 4. The zero-order valence-corrected chi connectivity index (χ0v) is 11.5. The van der Waals surface area contributed by atoms with Crippen molar-refractivity contribution < 1.29 is 10.5 Å². The van der Waals surface area contributed by atoms with Crippen LogP contribution in [0.4, 0.5) is 5.69 Å². The summed E-state index contributed by atoms with van der Waals surface area (Å²) in [5.41, 5.74) is 4.80. The number of hydrogen-bond acceptors (Lipinski definition) is 1. The van der Waals surface area contributed by atoms with Crippen molar-refractivity contribution in [2.24, 2.45) is 5.92 Å². The lowest BCUT2D eigenvalue weighted by Gasteiger charge is -2.13. The molecule has 0 bridgehead atoms. The van der Waals surface area contributed by atoms with Gasteiger partial charge in [0.2, 0.25) is 0 Å². The predicted molar refractivity (Wildman–Crippen MR) is 78.7 cm³/mol. The van der Waals surface area contributed by atoms with Crippen molar-refractivity contribution in [1.82, 2.24) is 0 Å². The number of nitrogens with one attached hydrogen (secondary N) is 1. The zero-order chi connectivity index (χ0) is 13.8. The Morgan fingerprint density at radius 1 is 1.16 bits per heavy atom. The molecule has 0 saturated carbocycles. The minimum atomic E-state index is -0.209. The van der Waals surface area contributed by atoms with Crippen molar-refractivity contribution in [2.75, 3.05) is 5.32 Å². The third-order valence-corrected chi connectivity index (χ3v) is 3.17. The van der Waals surface area contributed by atoms with Gasteiger partial charge in [-0.2, -0.15) is 0 Å². The monoisotopic (exact) mass is 257 g/mol. The minimum Gasteiger partial charge on any atom is -0.347 e. The molecule has 2 rings (SSSR count). The highest BCUT2D eigenvalue weighted by atomic mass is 16.2. The summed E-state index contributed by atoms with van der Waals surface area (Å²) in [6.45, 7) is 4.20. The standard InChI is InChI=1S/C16H20N2O/c1-11(2)10-14(17)16(19)18-15-9-5-7-12-6-3-4-8-13(12)15/h3-9,11,14H,10,17H2,1-2H3,(H,18,19)/p+1/t14-/m0/s1. The molecule has 0 unspecified atom stereocenters. The summed E-state index contributed by atoms with van der Waals surface area (Å²) in [5.74, 6) is 0.464. The van der Waals surface area contributed by atoms with Crippen molar-refractivity contribution in [3.8, 4) is 0 Å². The average molecular weight is 257 g/mol. The molecule has 0 aromatic heterocycles. The van der Waals surface area contributed by atoms with Gasteiger partial charge in [-0.05, 0) is 17.4 Å². The predicted octanol–water partition coefficient (Wildman–Crippen LogP) is 2.43. The zero-order valence-electron chi connectivity index (χ0n) is 11.5. The molecule has 1 atom stereocenters. The summed E-state index contributed by atoms with van der Waals surface area (Å²) in [6, 6.07) is 13.8. The van der Waals surface area contributed by atoms with Crippen LogP contribution in [0, 0.1) is 5.92 Å². The van der Waals surface area contributed by atoms with Gasteiger partial charge in [0.25, 0.3) is 5.91 Å². The molecule has 0 heterocycles. The number of hydrogen-bond donors (Lipinski definition) is 2. The second-order valence-corrected chi connectivity index (χ2v) is 5.34. The fraction of sp³-hybridized carbons (Fsp3) is 0.312. The topological polar surface area (TPSA) is 56.7 Å². The van der Waals surface area contributed by atoms with Gasteiger partial charge in [0.05, 0.1) is 0 Å². The van der Waals surface area contributed by atoms with Crippen LogP contribution in [0.2, 0.25) is 0 Å². The van der Waals surface area contributed by atoms with E-state index in [4.69, 9.17) is 0 Å². The van der Waals surface area contributed by atoms with E-state index in [9.17, 15) is 4.79 Å². The van der Waals surface area contributed by atoms with Gasteiger partial charge >= 0.3 is 0 Å². The van der Waals surface area contributed by atoms with E-state index in [0.29, 0.717) is 5.92 Å². The molecule has 2 aromatic carbocycles. The Hall–Kier alpha value is -1.87. The van der Waals surface area contributed by atoms with Crippen molar-refractivity contribution >= 4 is 22.4 Å². The number of quaternary nitrogens is 1. The van der Waals surface area contributed by atoms with E-state index in [2.05, 4.69) is 24.9 Å². The number of anilines is 1. The molecule has 0 aliphatic carbocycles. The third kappa shape index (κ3) is 3.32. The maximum absolute atomic E-state index is 12.1. The largest absolute Gasteiger partial charge is 0.347 e. The Labute approximate surface area is 113 Å². The lowest BCUT2D eigenvalue weighted by molar-refractivity contribution is -0.405. The van der Waals surface area contributed by atoms with E-state index in [0.717, 1.165) is 22.9 Å². The van der Waals surface area contributed by atoms with Gasteiger partial charge < -0.3 is 11.1 Å². The quantitative estimate of drug-likeness (QED) is 0.868. The minimum absolute atomic E-state index is 0.00921. The molecular weight excluding hydrogens is 236 g/mol. The molecular formula is C16H21N2O+. The first-order chi connectivity index (χ1) is 9.08. The maximum Gasteiger partial charge on any atom is 0.282 e. The Balaban J connectivity index is 2.19. The van der Waals surface area contributed by atoms with E-state index in [1.54, 1.807) is 0 Å². The summed E-state index contributed by atoms with van der Waals surface area (Å²) < 4.78 is 0. The molecule has 0 fully saturated rings. The summed E-state index contributed by atoms with van der Waals surface area (Å²) in [7, 11) is 0. The SMILES string of the molecule is CC(C)C[C@H]([NH3+])C(=O)Nc1cccc2ccccc12. The van der Waals surface area contributed by atoms with E-state index in [1.807, 2.05) is 42.5 Å². The van der Waals surface area contributed by atoms with Crippen molar-refractivity contribution in [1.29, 1.82) is 0 Å². The van der Waals surface area contributed by atoms with Gasteiger partial charge in [-0.1, -0.05) is 50.2 Å². The van der Waals surface area contributed by atoms with Crippen LogP contribution in [-0.2, 0) is 4.79 Å². The van der Waals surface area contributed by atoms with Crippen molar-refractivity contribution in [3.05, 3.63) is 42.5 Å². The van der Waals surface area contributed by atoms with Crippen molar-refractivity contribution in [3.63, 3.8) is 0 Å². The fourth-order valence-electron chi connectivity index (χ4n) is 2.25. The van der Waals surface area contributed by atoms with Gasteiger partial charge in [0.15, 0.2) is 6.04 Å². The summed E-state index contributed by atoms with van der Waals surface area (Å²) in [5, 5.41) is 5.18. The average Bonchev–Trinajstić information content (AvgIpc) is 2.38. The van der Waals surface area contributed by atoms with E-state index in [-0.39, 0.29) is 11.9 Å². The molecule has 0 saturated heterocycles. The molecule has 3 nitrogen and oxygen atoms in total. The first-order valence-electron chi connectivity index (χ1n) is 6.69. The van der Waals surface area contributed by atoms with E-state index < -0.39 is 0 Å². The Morgan fingerprint density at radius 2 is 1.84 bits per heavy atom. The van der Waals surface area contributed by atoms with Gasteiger partial charge in [-0.15, -0.1) is 0 Å². The highest BCUT2D eigenvalue weighted by Gasteiger charge is 2.19. The lowest BCUT2D eigenvalue weighted by atomic mass is 10.0. The molecule has 100 valence electrons. The number of amides is 1. The van der Waals surface area contributed by atoms with Gasteiger partial charge in [0.1, 0.15) is 0 Å². The van der Waals surface area contributed by atoms with Crippen LogP contribution in [0.3, 0.4) is 0 Å². The molecule has 19 heavy (non-hydrogen) atoms. The first-order valence-corrected chi connectivity index (χ1v) is 6.69. The van der Waals surface area contributed by atoms with E-state index in [1.165, 1.54) is 0 Å². The Bertz CT molecular complexity index is 572. The van der Waals surface area contributed by atoms with E-state index >= 15 is 0 Å². The van der Waals surface area contributed by atoms with Crippen LogP contribution < -0.4 is 11.1 Å². The number of carbonyl (C=O) groups excluding carboxylic acids is 1. The van der Waals surface area contributed by atoms with Crippen molar-refractivity contribution in [2.45, 2.75) is 26.3 Å². The number of fused-ring (bicyclic) bond motifs is 1. The molecule has 0 aliphatic heterocycles. The molecule has 0 aliphatic rings. The van der Waals surface area contributed by atoms with Crippen LogP contribution in [0.25, 0.3) is 10.8 Å². The van der Waals surface area contributed by atoms with Gasteiger partial charge in [-0.25, -0.2) is 0 Å². The third-order valence-electron chi connectivity index (χ3n) is 3.17. The molecule has 4 N–H and O–H groups in total. The second-order valence-electron chi connectivity index (χ2n) is 5.34. The van der Waals surface area contributed by atoms with Gasteiger partial charge in [0, 0.05) is 17.5 Å². The fourth-order valence-corrected chi connectivity index (χ4v) is 2.25. The smallest absolute Gasteiger partial charge is 0.282 e. The molecule has 0 spiro atoms. The summed E-state index contributed by atoms with van der Waals surface area (Å²) in [6.07, 6.45) is 0.802. The van der Waals surface area contributed by atoms with Crippen LogP contribution >= 0.6 is 0 Å². The highest BCUT2D eigenvalue weighted by Crippen LogP contribution is 2.23. The van der Waals surface area contributed by atoms with Gasteiger partial charge in [-0.3, -0.25) is 4.79 Å². The Kier molecular flexibility index (Phi) is 4.17. The Morgan fingerprint density at radius 3 is 2.58 bits per heavy atom. The van der Waals surface area contributed by atoms with Crippen LogP contribution in [-0.4, -0.2) is 11.9 Å². The number of benzene rings is 2. The lowest BCUT2D eigenvalue weighted by Crippen LogP contribution is -2.66. The molecule has 2 aromatic rings. The van der Waals surface area contributed by atoms with Crippen LogP contribution in [0.15, 0.2) is 42.5 Å².